The highest BCUT2D eigenvalue weighted by Crippen LogP contribution is 2.00. The molecular formula is C9H24I2N4. The Morgan fingerprint density at radius 3 is 2.00 bits per heavy atom. The molecule has 0 aromatic rings. The third kappa shape index (κ3) is 20.7. The monoisotopic (exact) mass is 442 g/mol. The van der Waals surface area contributed by atoms with Gasteiger partial charge in [0.2, 0.25) is 0 Å². The van der Waals surface area contributed by atoms with E-state index in [4.69, 9.17) is 11.5 Å². The summed E-state index contributed by atoms with van der Waals surface area (Å²) in [6.07, 6.45) is 3.52. The lowest BCUT2D eigenvalue weighted by Crippen LogP contribution is -3.00. The fraction of sp³-hybridized carbons (Fsp3) is 0.889. The molecule has 0 fully saturated rings. The molecule has 0 heterocycles. The van der Waals surface area contributed by atoms with E-state index in [2.05, 4.69) is 26.1 Å². The van der Waals surface area contributed by atoms with Crippen LogP contribution in [0.25, 0.3) is 0 Å². The van der Waals surface area contributed by atoms with E-state index in [1.165, 1.54) is 19.4 Å². The largest absolute Gasteiger partial charge is 1.00 e. The smallest absolute Gasteiger partial charge is 0.185 e. The fourth-order valence-electron chi connectivity index (χ4n) is 1.08. The molecule has 0 bridgehead atoms. The lowest BCUT2D eigenvalue weighted by molar-refractivity contribution is -0.870. The van der Waals surface area contributed by atoms with Gasteiger partial charge >= 0.3 is 0 Å². The first kappa shape index (κ1) is 21.0. The van der Waals surface area contributed by atoms with Gasteiger partial charge in [0.25, 0.3) is 0 Å². The molecule has 0 saturated heterocycles. The van der Waals surface area contributed by atoms with Crippen LogP contribution in [0.5, 0.6) is 0 Å². The van der Waals surface area contributed by atoms with Gasteiger partial charge in [0.15, 0.2) is 5.96 Å². The van der Waals surface area contributed by atoms with Gasteiger partial charge in [-0.3, -0.25) is 4.99 Å². The molecule has 0 amide bonds. The number of rotatable bonds is 6. The number of nitrogens with two attached hydrogens (primary N) is 2. The Morgan fingerprint density at radius 1 is 1.07 bits per heavy atom. The SMILES string of the molecule is C[N+](C)(C)CCCCCN=C(N)N.I.[I-]. The van der Waals surface area contributed by atoms with Crippen molar-refractivity contribution >= 4 is 29.9 Å². The van der Waals surface area contributed by atoms with E-state index in [-0.39, 0.29) is 53.9 Å². The van der Waals surface area contributed by atoms with Crippen LogP contribution < -0.4 is 35.4 Å². The van der Waals surface area contributed by atoms with Gasteiger partial charge in [0.05, 0.1) is 27.7 Å². The molecule has 6 heteroatoms. The standard InChI is InChI=1S/C9H23N4.2HI/c1-13(2,3)8-6-4-5-7-12-9(10)11;;/h4-8H2,1-3H3,(H4,10,11,12);2*1H/q+1;;/p-1. The van der Waals surface area contributed by atoms with Crippen molar-refractivity contribution in [2.24, 2.45) is 16.5 Å². The molecule has 0 aromatic heterocycles. The number of nitrogens with zero attached hydrogens (tertiary/aromatic N) is 2. The Labute approximate surface area is 127 Å². The first-order valence-electron chi connectivity index (χ1n) is 4.78. The van der Waals surface area contributed by atoms with E-state index in [0.29, 0.717) is 0 Å². The van der Waals surface area contributed by atoms with Crippen molar-refractivity contribution < 1.29 is 28.5 Å². The summed E-state index contributed by atoms with van der Waals surface area (Å²) in [4.78, 5) is 3.93. The number of hydrogen-bond acceptors (Lipinski definition) is 1. The molecule has 0 aliphatic carbocycles. The zero-order chi connectivity index (χ0) is 10.3. The molecule has 0 unspecified atom stereocenters. The summed E-state index contributed by atoms with van der Waals surface area (Å²) in [5.41, 5.74) is 10.4. The summed E-state index contributed by atoms with van der Waals surface area (Å²) >= 11 is 0. The maximum atomic E-state index is 5.20. The molecule has 0 saturated carbocycles. The Bertz CT molecular complexity index is 162. The average Bonchev–Trinajstić information content (AvgIpc) is 1.93. The van der Waals surface area contributed by atoms with E-state index < -0.39 is 0 Å². The normalized spacial score (nSPS) is 9.80. The summed E-state index contributed by atoms with van der Waals surface area (Å²) in [5.74, 6) is 0.201. The zero-order valence-electron chi connectivity index (χ0n) is 9.87. The predicted octanol–water partition coefficient (Wildman–Crippen LogP) is -2.24. The number of halogens is 2. The summed E-state index contributed by atoms with van der Waals surface area (Å²) in [7, 11) is 6.61. The molecule has 94 valence electrons. The second-order valence-corrected chi connectivity index (χ2v) is 4.38. The van der Waals surface area contributed by atoms with Crippen molar-refractivity contribution in [3.05, 3.63) is 0 Å². The van der Waals surface area contributed by atoms with Crippen LogP contribution in [0.15, 0.2) is 4.99 Å². The van der Waals surface area contributed by atoms with E-state index >= 15 is 0 Å². The van der Waals surface area contributed by atoms with Gasteiger partial charge < -0.3 is 39.9 Å². The number of unbranched alkanes of at least 4 members (excludes halogenated alkanes) is 2. The average molecular weight is 442 g/mol. The molecule has 0 aliphatic heterocycles. The van der Waals surface area contributed by atoms with Crippen molar-refractivity contribution in [1.29, 1.82) is 0 Å². The highest BCUT2D eigenvalue weighted by atomic mass is 127. The maximum Gasteiger partial charge on any atom is 0.185 e. The van der Waals surface area contributed by atoms with Crippen LogP contribution in [0.2, 0.25) is 0 Å². The Hall–Kier alpha value is 0.690. The molecular weight excluding hydrogens is 418 g/mol. The summed E-state index contributed by atoms with van der Waals surface area (Å²) in [6.45, 7) is 1.97. The van der Waals surface area contributed by atoms with Gasteiger partial charge in [-0.15, -0.1) is 24.0 Å². The zero-order valence-corrected chi connectivity index (χ0v) is 14.4. The lowest BCUT2D eigenvalue weighted by Gasteiger charge is -2.23. The topological polar surface area (TPSA) is 64.4 Å². The van der Waals surface area contributed by atoms with E-state index in [9.17, 15) is 0 Å². The quantitative estimate of drug-likeness (QED) is 0.161. The number of quaternary nitrogens is 1. The van der Waals surface area contributed by atoms with Gasteiger partial charge in [0.1, 0.15) is 0 Å². The summed E-state index contributed by atoms with van der Waals surface area (Å²) in [5, 5.41) is 0. The van der Waals surface area contributed by atoms with Gasteiger partial charge in [0, 0.05) is 6.54 Å². The van der Waals surface area contributed by atoms with Crippen molar-refractivity contribution in [2.75, 3.05) is 34.2 Å². The van der Waals surface area contributed by atoms with Gasteiger partial charge in [-0.25, -0.2) is 0 Å². The first-order chi connectivity index (χ1) is 5.92. The molecule has 0 spiro atoms. The predicted molar refractivity (Wildman–Crippen MR) is 72.8 cm³/mol. The maximum absolute atomic E-state index is 5.20. The van der Waals surface area contributed by atoms with E-state index in [0.717, 1.165) is 17.4 Å². The van der Waals surface area contributed by atoms with Crippen LogP contribution in [-0.4, -0.2) is 44.7 Å². The Balaban J connectivity index is -0.000000720. The van der Waals surface area contributed by atoms with Gasteiger partial charge in [-0.2, -0.15) is 0 Å². The van der Waals surface area contributed by atoms with Crippen molar-refractivity contribution in [2.45, 2.75) is 19.3 Å². The fourth-order valence-corrected chi connectivity index (χ4v) is 1.08. The number of guanidine groups is 1. The third-order valence-electron chi connectivity index (χ3n) is 1.78. The molecule has 0 aliphatic rings. The minimum atomic E-state index is 0. The van der Waals surface area contributed by atoms with Crippen LogP contribution >= 0.6 is 24.0 Å². The summed E-state index contributed by atoms with van der Waals surface area (Å²) < 4.78 is 1.03. The van der Waals surface area contributed by atoms with Crippen LogP contribution in [0.3, 0.4) is 0 Å². The number of hydrogen-bond donors (Lipinski definition) is 2. The molecule has 0 rings (SSSR count). The molecule has 0 atom stereocenters. The first-order valence-corrected chi connectivity index (χ1v) is 4.78. The van der Waals surface area contributed by atoms with Crippen LogP contribution in [0.1, 0.15) is 19.3 Å². The lowest BCUT2D eigenvalue weighted by atomic mass is 10.2. The van der Waals surface area contributed by atoms with Crippen LogP contribution in [-0.2, 0) is 0 Å². The van der Waals surface area contributed by atoms with Crippen molar-refractivity contribution in [3.8, 4) is 0 Å². The van der Waals surface area contributed by atoms with Crippen molar-refractivity contribution in [3.63, 3.8) is 0 Å². The van der Waals surface area contributed by atoms with Crippen LogP contribution in [0, 0.1) is 0 Å². The Morgan fingerprint density at radius 2 is 1.60 bits per heavy atom. The van der Waals surface area contributed by atoms with Crippen molar-refractivity contribution in [1.82, 2.24) is 0 Å². The Kier molecular flexibility index (Phi) is 15.7. The molecule has 4 nitrogen and oxygen atoms in total. The van der Waals surface area contributed by atoms with E-state index in [1.807, 2.05) is 0 Å². The third-order valence-corrected chi connectivity index (χ3v) is 1.78. The molecule has 15 heavy (non-hydrogen) atoms. The molecule has 0 radical (unpaired) electrons. The minimum absolute atomic E-state index is 0. The molecule has 0 aromatic carbocycles. The molecule has 4 N–H and O–H groups in total. The van der Waals surface area contributed by atoms with Crippen LogP contribution in [0.4, 0.5) is 0 Å². The highest BCUT2D eigenvalue weighted by Gasteiger charge is 2.04. The van der Waals surface area contributed by atoms with Gasteiger partial charge in [-0.1, -0.05) is 0 Å². The van der Waals surface area contributed by atoms with Gasteiger partial charge in [-0.05, 0) is 19.3 Å². The second kappa shape index (κ2) is 11.2. The second-order valence-electron chi connectivity index (χ2n) is 4.38. The highest BCUT2D eigenvalue weighted by molar-refractivity contribution is 14.0. The number of aliphatic imine (C=N–C) groups is 1. The summed E-state index contributed by atoms with van der Waals surface area (Å²) in [6, 6.07) is 0. The minimum Gasteiger partial charge on any atom is -1.00 e. The van der Waals surface area contributed by atoms with E-state index in [1.54, 1.807) is 0 Å².